The molecule has 151 valence electrons. The molecule has 2 rings (SSSR count). The molecule has 1 aromatic heterocycles. The van der Waals surface area contributed by atoms with Gasteiger partial charge in [-0.05, 0) is 78.2 Å². The number of thiazole rings is 1. The Morgan fingerprint density at radius 2 is 1.96 bits per heavy atom. The fourth-order valence-corrected chi connectivity index (χ4v) is 13.9. The van der Waals surface area contributed by atoms with Gasteiger partial charge in [0.15, 0.2) is 4.34 Å². The SMILES string of the molecule is CCO[Si](CCCSSSSSc1nc2ccccc2s1)OCCCOC. The molecule has 27 heavy (non-hydrogen) atoms. The summed E-state index contributed by atoms with van der Waals surface area (Å²) >= 11 is 1.76. The Hall–Kier alpha value is 0.957. The maximum Gasteiger partial charge on any atom is 0.384 e. The lowest BCUT2D eigenvalue weighted by atomic mass is 10.3. The van der Waals surface area contributed by atoms with Gasteiger partial charge >= 0.3 is 9.28 Å². The van der Waals surface area contributed by atoms with Crippen LogP contribution in [-0.4, -0.2) is 47.0 Å². The van der Waals surface area contributed by atoms with E-state index in [1.807, 2.05) is 33.6 Å². The predicted molar refractivity (Wildman–Crippen MR) is 130 cm³/mol. The summed E-state index contributed by atoms with van der Waals surface area (Å²) in [5.74, 6) is 1.12. The van der Waals surface area contributed by atoms with E-state index in [0.717, 1.165) is 54.3 Å². The zero-order valence-electron chi connectivity index (χ0n) is 15.4. The summed E-state index contributed by atoms with van der Waals surface area (Å²) < 4.78 is 19.0. The van der Waals surface area contributed by atoms with E-state index in [1.54, 1.807) is 48.9 Å². The second-order valence-corrected chi connectivity index (χ2v) is 16.0. The number of methoxy groups -OCH3 is 1. The lowest BCUT2D eigenvalue weighted by molar-refractivity contribution is 0.152. The van der Waals surface area contributed by atoms with Gasteiger partial charge in [-0.2, -0.15) is 0 Å². The van der Waals surface area contributed by atoms with Crippen molar-refractivity contribution in [3.05, 3.63) is 24.3 Å². The third-order valence-electron chi connectivity index (χ3n) is 3.15. The lowest BCUT2D eigenvalue weighted by Crippen LogP contribution is -2.24. The Labute approximate surface area is 186 Å². The van der Waals surface area contributed by atoms with Crippen molar-refractivity contribution in [3.63, 3.8) is 0 Å². The number of ether oxygens (including phenoxy) is 1. The molecule has 2 aromatic rings. The number of aromatic nitrogens is 1. The molecule has 1 radical (unpaired) electrons. The first kappa shape index (κ1) is 24.2. The molecule has 0 saturated carbocycles. The molecule has 0 N–H and O–H groups in total. The second-order valence-electron chi connectivity index (χ2n) is 5.16. The average Bonchev–Trinajstić information content (AvgIpc) is 3.10. The van der Waals surface area contributed by atoms with Crippen LogP contribution in [0.15, 0.2) is 28.6 Å². The number of hydrogen-bond acceptors (Lipinski definition) is 10. The van der Waals surface area contributed by atoms with Crippen molar-refractivity contribution in [3.8, 4) is 0 Å². The molecule has 1 heterocycles. The minimum atomic E-state index is -1.12. The topological polar surface area (TPSA) is 40.6 Å². The van der Waals surface area contributed by atoms with Gasteiger partial charge in [0.2, 0.25) is 0 Å². The van der Waals surface area contributed by atoms with E-state index in [-0.39, 0.29) is 0 Å². The first-order valence-electron chi connectivity index (χ1n) is 8.59. The molecule has 0 fully saturated rings. The van der Waals surface area contributed by atoms with Gasteiger partial charge in [-0.15, -0.1) is 11.3 Å². The molecule has 0 aliphatic rings. The van der Waals surface area contributed by atoms with E-state index in [2.05, 4.69) is 23.2 Å². The van der Waals surface area contributed by atoms with Crippen molar-refractivity contribution < 1.29 is 13.6 Å². The van der Waals surface area contributed by atoms with Crippen molar-refractivity contribution >= 4 is 81.9 Å². The van der Waals surface area contributed by atoms with Gasteiger partial charge in [-0.3, -0.25) is 0 Å². The maximum atomic E-state index is 5.87. The van der Waals surface area contributed by atoms with E-state index >= 15 is 0 Å². The largest absolute Gasteiger partial charge is 0.394 e. The molecule has 0 bridgehead atoms. The number of hydrogen-bond donors (Lipinski definition) is 0. The summed E-state index contributed by atoms with van der Waals surface area (Å²) in [4.78, 5) is 4.63. The van der Waals surface area contributed by atoms with Gasteiger partial charge in [0, 0.05) is 32.7 Å². The summed E-state index contributed by atoms with van der Waals surface area (Å²) in [6, 6.07) is 9.33. The fraction of sp³-hybridized carbons (Fsp3) is 0.562. The smallest absolute Gasteiger partial charge is 0.384 e. The highest BCUT2D eigenvalue weighted by Gasteiger charge is 2.14. The van der Waals surface area contributed by atoms with Gasteiger partial charge in [0.25, 0.3) is 0 Å². The maximum absolute atomic E-state index is 5.87. The van der Waals surface area contributed by atoms with Crippen molar-refractivity contribution in [1.82, 2.24) is 4.98 Å². The summed E-state index contributed by atoms with van der Waals surface area (Å²) in [5.41, 5.74) is 1.09. The molecule has 0 saturated heterocycles. The average molecular weight is 499 g/mol. The summed E-state index contributed by atoms with van der Waals surface area (Å²) in [5, 5.41) is 0. The second kappa shape index (κ2) is 15.8. The molecular weight excluding hydrogens is 475 g/mol. The quantitative estimate of drug-likeness (QED) is 0.139. The van der Waals surface area contributed by atoms with E-state index in [9.17, 15) is 0 Å². The van der Waals surface area contributed by atoms with E-state index in [0.29, 0.717) is 0 Å². The van der Waals surface area contributed by atoms with Crippen LogP contribution in [0.2, 0.25) is 6.04 Å². The van der Waals surface area contributed by atoms with E-state index in [1.165, 1.54) is 4.70 Å². The molecular formula is C16H24NO3S6Si. The van der Waals surface area contributed by atoms with Gasteiger partial charge < -0.3 is 13.6 Å². The van der Waals surface area contributed by atoms with Crippen LogP contribution in [0.4, 0.5) is 0 Å². The van der Waals surface area contributed by atoms with E-state index < -0.39 is 9.28 Å². The molecule has 0 amide bonds. The standard InChI is InChI=1S/C16H24NO3S6Si/c1-3-19-27(20-11-6-10-18-2)13-7-12-21-24-26-25-23-16-17-14-8-4-5-9-15(14)22-16/h4-5,8-9H,3,6-7,10-13H2,1-2H3. The number of rotatable bonds is 16. The Balaban J connectivity index is 1.48. The third-order valence-corrected chi connectivity index (χ3v) is 14.9. The minimum absolute atomic E-state index is 0.732. The molecule has 0 atom stereocenters. The van der Waals surface area contributed by atoms with Crippen LogP contribution in [0.3, 0.4) is 0 Å². The normalized spacial score (nSPS) is 11.7. The van der Waals surface area contributed by atoms with Crippen molar-refractivity contribution in [2.24, 2.45) is 0 Å². The molecule has 0 spiro atoms. The number of benzene rings is 1. The molecule has 0 aliphatic heterocycles. The Morgan fingerprint density at radius 1 is 1.07 bits per heavy atom. The molecule has 4 nitrogen and oxygen atoms in total. The number of nitrogens with zero attached hydrogens (tertiary/aromatic N) is 1. The van der Waals surface area contributed by atoms with Crippen molar-refractivity contribution in [2.45, 2.75) is 30.1 Å². The molecule has 11 heteroatoms. The summed E-state index contributed by atoms with van der Waals surface area (Å²) in [7, 11) is 9.65. The number of fused-ring (bicyclic) bond motifs is 1. The Kier molecular flexibility index (Phi) is 14.1. The van der Waals surface area contributed by atoms with Crippen LogP contribution >= 0.6 is 62.4 Å². The van der Waals surface area contributed by atoms with Gasteiger partial charge in [-0.1, -0.05) is 22.9 Å². The molecule has 0 unspecified atom stereocenters. The fourth-order valence-electron chi connectivity index (χ4n) is 2.01. The zero-order chi connectivity index (χ0) is 19.2. The van der Waals surface area contributed by atoms with Gasteiger partial charge in [0.05, 0.1) is 10.2 Å². The minimum Gasteiger partial charge on any atom is -0.394 e. The zero-order valence-corrected chi connectivity index (χ0v) is 21.3. The van der Waals surface area contributed by atoms with Gasteiger partial charge in [0.1, 0.15) is 0 Å². The van der Waals surface area contributed by atoms with Crippen LogP contribution in [0, 0.1) is 0 Å². The van der Waals surface area contributed by atoms with Crippen LogP contribution in [0.1, 0.15) is 19.8 Å². The highest BCUT2D eigenvalue weighted by molar-refractivity contribution is 9.35. The van der Waals surface area contributed by atoms with Gasteiger partial charge in [-0.25, -0.2) is 4.98 Å². The summed E-state index contributed by atoms with van der Waals surface area (Å²) in [6.45, 7) is 4.25. The van der Waals surface area contributed by atoms with Crippen LogP contribution < -0.4 is 0 Å². The van der Waals surface area contributed by atoms with Crippen LogP contribution in [0.5, 0.6) is 0 Å². The third kappa shape index (κ3) is 10.5. The van der Waals surface area contributed by atoms with Crippen molar-refractivity contribution in [1.29, 1.82) is 0 Å². The Bertz CT molecular complexity index is 602. The molecule has 1 aromatic carbocycles. The van der Waals surface area contributed by atoms with E-state index in [4.69, 9.17) is 13.6 Å². The monoisotopic (exact) mass is 498 g/mol. The predicted octanol–water partition coefficient (Wildman–Crippen LogP) is 6.95. The highest BCUT2D eigenvalue weighted by Crippen LogP contribution is 2.51. The molecule has 0 aliphatic carbocycles. The van der Waals surface area contributed by atoms with Crippen LogP contribution in [-0.2, 0) is 13.6 Å². The highest BCUT2D eigenvalue weighted by atomic mass is 33.8. The first-order valence-corrected chi connectivity index (χ1v) is 17.2. The first-order chi connectivity index (χ1) is 13.3. The van der Waals surface area contributed by atoms with Crippen LogP contribution in [0.25, 0.3) is 10.2 Å². The number of para-hydroxylation sites is 1. The Morgan fingerprint density at radius 3 is 2.78 bits per heavy atom. The lowest BCUT2D eigenvalue weighted by Gasteiger charge is -2.14. The van der Waals surface area contributed by atoms with Crippen molar-refractivity contribution in [2.75, 3.05) is 32.7 Å². The summed E-state index contributed by atoms with van der Waals surface area (Å²) in [6.07, 6.45) is 2.06.